The van der Waals surface area contributed by atoms with Crippen LogP contribution in [-0.2, 0) is 0 Å². The van der Waals surface area contributed by atoms with E-state index in [-0.39, 0.29) is 0 Å². The number of thiophene rings is 1. The van der Waals surface area contributed by atoms with E-state index in [0.717, 1.165) is 17.1 Å². The molecule has 1 aromatic rings. The van der Waals surface area contributed by atoms with E-state index in [1.54, 1.807) is 0 Å². The Bertz CT molecular complexity index is 361. The minimum absolute atomic E-state index is 0.651. The second-order valence-corrected chi connectivity index (χ2v) is 5.80. The molecule has 16 heavy (non-hydrogen) atoms. The second-order valence-electron chi connectivity index (χ2n) is 4.86. The van der Waals surface area contributed by atoms with Gasteiger partial charge >= 0.3 is 0 Å². The van der Waals surface area contributed by atoms with E-state index in [4.69, 9.17) is 0 Å². The summed E-state index contributed by atoms with van der Waals surface area (Å²) >= 11 is 1.53. The summed E-state index contributed by atoms with van der Waals surface area (Å²) in [5, 5.41) is 2.09. The second kappa shape index (κ2) is 5.00. The van der Waals surface area contributed by atoms with Crippen molar-refractivity contribution in [3.8, 4) is 0 Å². The Hall–Kier alpha value is -0.830. The molecular weight excluding hydrogens is 218 g/mol. The zero-order valence-electron chi connectivity index (χ0n) is 9.98. The van der Waals surface area contributed by atoms with Crippen molar-refractivity contribution in [1.29, 1.82) is 0 Å². The zero-order chi connectivity index (χ0) is 11.5. The summed E-state index contributed by atoms with van der Waals surface area (Å²) in [4.78, 5) is 13.8. The lowest BCUT2D eigenvalue weighted by Gasteiger charge is -2.35. The number of carbonyl (C=O) groups excluding carboxylic acids is 1. The molecular formula is C13H19NOS. The van der Waals surface area contributed by atoms with Crippen LogP contribution in [0.3, 0.4) is 0 Å². The molecule has 1 heterocycles. The van der Waals surface area contributed by atoms with Crippen molar-refractivity contribution in [2.24, 2.45) is 5.92 Å². The Kier molecular flexibility index (Phi) is 3.64. The molecule has 0 amide bonds. The Labute approximate surface area is 101 Å². The van der Waals surface area contributed by atoms with Gasteiger partial charge in [0.15, 0.2) is 6.29 Å². The van der Waals surface area contributed by atoms with Gasteiger partial charge in [0.2, 0.25) is 0 Å². The summed E-state index contributed by atoms with van der Waals surface area (Å²) in [6.45, 7) is 2.34. The number of anilines is 1. The van der Waals surface area contributed by atoms with E-state index in [0.29, 0.717) is 6.04 Å². The van der Waals surface area contributed by atoms with Gasteiger partial charge in [-0.1, -0.05) is 19.8 Å². The van der Waals surface area contributed by atoms with Crippen LogP contribution in [0.15, 0.2) is 11.4 Å². The number of hydrogen-bond donors (Lipinski definition) is 0. The van der Waals surface area contributed by atoms with Gasteiger partial charge in [0.1, 0.15) is 0 Å². The highest BCUT2D eigenvalue weighted by Crippen LogP contribution is 2.31. The van der Waals surface area contributed by atoms with Gasteiger partial charge in [0, 0.05) is 24.2 Å². The Morgan fingerprint density at radius 3 is 2.94 bits per heavy atom. The minimum atomic E-state index is 0.651. The molecule has 1 aliphatic rings. The molecule has 0 saturated heterocycles. The predicted molar refractivity (Wildman–Crippen MR) is 69.5 cm³/mol. The van der Waals surface area contributed by atoms with Crippen LogP contribution >= 0.6 is 11.3 Å². The number of aldehydes is 1. The summed E-state index contributed by atoms with van der Waals surface area (Å²) < 4.78 is 0. The normalized spacial score (nSPS) is 25.4. The Morgan fingerprint density at radius 1 is 1.50 bits per heavy atom. The lowest BCUT2D eigenvalue weighted by atomic mass is 9.86. The monoisotopic (exact) mass is 237 g/mol. The van der Waals surface area contributed by atoms with Crippen LogP contribution in [0.2, 0.25) is 0 Å². The van der Waals surface area contributed by atoms with Gasteiger partial charge in [-0.3, -0.25) is 4.79 Å². The van der Waals surface area contributed by atoms with Gasteiger partial charge < -0.3 is 4.90 Å². The van der Waals surface area contributed by atoms with Crippen LogP contribution in [0.1, 0.15) is 42.3 Å². The van der Waals surface area contributed by atoms with Gasteiger partial charge in [-0.2, -0.15) is 0 Å². The third kappa shape index (κ3) is 2.46. The number of carbonyl (C=O) groups is 1. The number of rotatable bonds is 3. The van der Waals surface area contributed by atoms with Gasteiger partial charge in [-0.25, -0.2) is 0 Å². The fourth-order valence-electron chi connectivity index (χ4n) is 2.55. The highest BCUT2D eigenvalue weighted by molar-refractivity contribution is 7.12. The van der Waals surface area contributed by atoms with E-state index in [1.165, 1.54) is 42.7 Å². The molecule has 0 spiro atoms. The summed E-state index contributed by atoms with van der Waals surface area (Å²) in [5.41, 5.74) is 1.20. The highest BCUT2D eigenvalue weighted by Gasteiger charge is 2.22. The van der Waals surface area contributed by atoms with Gasteiger partial charge in [-0.15, -0.1) is 11.3 Å². The fourth-order valence-corrected chi connectivity index (χ4v) is 3.29. The molecule has 2 atom stereocenters. The maximum Gasteiger partial charge on any atom is 0.160 e. The van der Waals surface area contributed by atoms with Crippen molar-refractivity contribution < 1.29 is 4.79 Å². The molecule has 88 valence electrons. The van der Waals surface area contributed by atoms with E-state index >= 15 is 0 Å². The van der Waals surface area contributed by atoms with Crippen LogP contribution in [0.4, 0.5) is 5.69 Å². The number of nitrogens with zero attached hydrogens (tertiary/aromatic N) is 1. The Morgan fingerprint density at radius 2 is 2.31 bits per heavy atom. The zero-order valence-corrected chi connectivity index (χ0v) is 10.8. The molecule has 0 N–H and O–H groups in total. The van der Waals surface area contributed by atoms with Crippen LogP contribution in [0.25, 0.3) is 0 Å². The maximum atomic E-state index is 10.7. The van der Waals surface area contributed by atoms with Gasteiger partial charge in [0.05, 0.1) is 4.88 Å². The lowest BCUT2D eigenvalue weighted by molar-refractivity contribution is 0.112. The third-order valence-electron chi connectivity index (χ3n) is 3.59. The molecule has 0 radical (unpaired) electrons. The van der Waals surface area contributed by atoms with Gasteiger partial charge in [-0.05, 0) is 24.8 Å². The molecule has 0 aromatic carbocycles. The van der Waals surface area contributed by atoms with Crippen molar-refractivity contribution in [3.63, 3.8) is 0 Å². The van der Waals surface area contributed by atoms with Crippen LogP contribution in [0, 0.1) is 5.92 Å². The summed E-state index contributed by atoms with van der Waals surface area (Å²) in [6, 6.07) is 2.65. The first-order valence-corrected chi connectivity index (χ1v) is 6.85. The topological polar surface area (TPSA) is 20.3 Å². The molecule has 2 nitrogen and oxygen atoms in total. The SMILES string of the molecule is CC1CCCC(N(C)c2csc(C=O)c2)C1. The predicted octanol–water partition coefficient (Wildman–Crippen LogP) is 3.58. The molecule has 2 unspecified atom stereocenters. The average molecular weight is 237 g/mol. The molecule has 2 rings (SSSR count). The van der Waals surface area contributed by atoms with E-state index < -0.39 is 0 Å². The largest absolute Gasteiger partial charge is 0.371 e. The molecule has 0 aliphatic heterocycles. The molecule has 1 saturated carbocycles. The van der Waals surface area contributed by atoms with Crippen LogP contribution in [-0.4, -0.2) is 19.4 Å². The number of hydrogen-bond acceptors (Lipinski definition) is 3. The van der Waals surface area contributed by atoms with E-state index in [9.17, 15) is 4.79 Å². The lowest BCUT2D eigenvalue weighted by Crippen LogP contribution is -2.35. The molecule has 1 aromatic heterocycles. The van der Waals surface area contributed by atoms with Crippen molar-refractivity contribution in [3.05, 3.63) is 16.3 Å². The van der Waals surface area contributed by atoms with E-state index in [2.05, 4.69) is 24.3 Å². The molecule has 0 bridgehead atoms. The van der Waals surface area contributed by atoms with Crippen molar-refractivity contribution in [2.75, 3.05) is 11.9 Å². The van der Waals surface area contributed by atoms with Crippen LogP contribution < -0.4 is 4.90 Å². The van der Waals surface area contributed by atoms with Gasteiger partial charge in [0.25, 0.3) is 0 Å². The summed E-state index contributed by atoms with van der Waals surface area (Å²) in [7, 11) is 2.15. The molecule has 3 heteroatoms. The first kappa shape index (κ1) is 11.6. The van der Waals surface area contributed by atoms with Crippen molar-refractivity contribution >= 4 is 23.3 Å². The van der Waals surface area contributed by atoms with Crippen molar-refractivity contribution in [1.82, 2.24) is 0 Å². The average Bonchev–Trinajstić information content (AvgIpc) is 2.76. The van der Waals surface area contributed by atoms with Crippen LogP contribution in [0.5, 0.6) is 0 Å². The Balaban J connectivity index is 2.05. The first-order valence-electron chi connectivity index (χ1n) is 5.97. The summed E-state index contributed by atoms with van der Waals surface area (Å²) in [5.74, 6) is 0.838. The standard InChI is InChI=1S/C13H19NOS/c1-10-4-3-5-11(6-10)14(2)12-7-13(8-15)16-9-12/h7-11H,3-6H2,1-2H3. The smallest absolute Gasteiger partial charge is 0.160 e. The third-order valence-corrected chi connectivity index (χ3v) is 4.43. The molecule has 1 aliphatic carbocycles. The summed E-state index contributed by atoms with van der Waals surface area (Å²) in [6.07, 6.45) is 6.20. The quantitative estimate of drug-likeness (QED) is 0.749. The molecule has 1 fully saturated rings. The fraction of sp³-hybridized carbons (Fsp3) is 0.615. The maximum absolute atomic E-state index is 10.7. The van der Waals surface area contributed by atoms with E-state index in [1.807, 2.05) is 6.07 Å². The first-order chi connectivity index (χ1) is 7.70. The highest BCUT2D eigenvalue weighted by atomic mass is 32.1. The van der Waals surface area contributed by atoms with Crippen molar-refractivity contribution in [2.45, 2.75) is 38.6 Å². The minimum Gasteiger partial charge on any atom is -0.371 e.